The molecule has 1 atom stereocenters. The first-order chi connectivity index (χ1) is 14.9. The van der Waals surface area contributed by atoms with E-state index in [2.05, 4.69) is 25.3 Å². The normalized spacial score (nSPS) is 21.2. The molecule has 1 fully saturated rings. The number of hydrogen-bond donors (Lipinski definition) is 2. The van der Waals surface area contributed by atoms with Crippen molar-refractivity contribution in [3.63, 3.8) is 0 Å². The van der Waals surface area contributed by atoms with E-state index in [1.807, 2.05) is 0 Å². The maximum atomic E-state index is 13.2. The summed E-state index contributed by atoms with van der Waals surface area (Å²) in [6.45, 7) is 4.13. The smallest absolute Gasteiger partial charge is 0.344 e. The molecule has 160 valence electrons. The summed E-state index contributed by atoms with van der Waals surface area (Å²) in [5, 5.41) is 3.27. The highest BCUT2D eigenvalue weighted by atomic mass is 16.3. The summed E-state index contributed by atoms with van der Waals surface area (Å²) in [4.78, 5) is 47.9. The Morgan fingerprint density at radius 1 is 1.26 bits per heavy atom. The van der Waals surface area contributed by atoms with Crippen molar-refractivity contribution in [2.24, 2.45) is 0 Å². The molecule has 10 heteroatoms. The van der Waals surface area contributed by atoms with Crippen LogP contribution in [-0.4, -0.2) is 37.4 Å². The van der Waals surface area contributed by atoms with Gasteiger partial charge in [0.2, 0.25) is 0 Å². The molecular formula is C21H22N6O4. The van der Waals surface area contributed by atoms with Crippen molar-refractivity contribution < 1.29 is 18.8 Å². The minimum Gasteiger partial charge on any atom is -0.466 e. The van der Waals surface area contributed by atoms with E-state index in [4.69, 9.17) is 4.42 Å². The van der Waals surface area contributed by atoms with Gasteiger partial charge in [-0.05, 0) is 44.9 Å². The highest BCUT2D eigenvalue weighted by molar-refractivity contribution is 6.11. The van der Waals surface area contributed by atoms with Gasteiger partial charge in [0, 0.05) is 18.7 Å². The number of furan rings is 1. The van der Waals surface area contributed by atoms with Gasteiger partial charge in [-0.15, -0.1) is 0 Å². The Labute approximate surface area is 177 Å². The summed E-state index contributed by atoms with van der Waals surface area (Å²) >= 11 is 0. The number of amides is 4. The molecule has 0 aliphatic carbocycles. The van der Waals surface area contributed by atoms with E-state index in [-0.39, 0.29) is 11.3 Å². The molecule has 0 radical (unpaired) electrons. The molecule has 2 N–H and O–H groups in total. The van der Waals surface area contributed by atoms with Crippen LogP contribution in [0.3, 0.4) is 0 Å². The molecule has 5 rings (SSSR count). The number of urea groups is 1. The van der Waals surface area contributed by atoms with Gasteiger partial charge in [0.15, 0.2) is 11.2 Å². The van der Waals surface area contributed by atoms with E-state index >= 15 is 0 Å². The fraction of sp³-hybridized carbons (Fsp3) is 0.381. The SMILES string of the molecule is Cc1cc(C(=O)NN2C(=O)NC(C)(c3ccco3)C2=O)c2nc3n(c2n1)CCCCC3. The Hall–Kier alpha value is -3.69. The monoisotopic (exact) mass is 422 g/mol. The van der Waals surface area contributed by atoms with E-state index in [1.165, 1.54) is 13.2 Å². The zero-order valence-corrected chi connectivity index (χ0v) is 17.3. The first-order valence-electron chi connectivity index (χ1n) is 10.3. The minimum atomic E-state index is -1.40. The molecule has 0 aromatic carbocycles. The second-order valence-corrected chi connectivity index (χ2v) is 8.09. The highest BCUT2D eigenvalue weighted by Gasteiger charge is 2.52. The largest absolute Gasteiger partial charge is 0.466 e. The lowest BCUT2D eigenvalue weighted by Gasteiger charge is -2.19. The van der Waals surface area contributed by atoms with Crippen LogP contribution in [0.5, 0.6) is 0 Å². The van der Waals surface area contributed by atoms with Gasteiger partial charge in [-0.3, -0.25) is 15.0 Å². The zero-order valence-electron chi connectivity index (χ0n) is 17.3. The second kappa shape index (κ2) is 6.93. The van der Waals surface area contributed by atoms with Crippen molar-refractivity contribution in [1.82, 2.24) is 30.3 Å². The second-order valence-electron chi connectivity index (χ2n) is 8.09. The van der Waals surface area contributed by atoms with Gasteiger partial charge in [-0.25, -0.2) is 14.8 Å². The number of nitrogens with one attached hydrogen (secondary N) is 2. The maximum absolute atomic E-state index is 13.2. The Kier molecular flexibility index (Phi) is 4.31. The summed E-state index contributed by atoms with van der Waals surface area (Å²) < 4.78 is 7.37. The van der Waals surface area contributed by atoms with Crippen molar-refractivity contribution >= 4 is 29.0 Å². The molecule has 3 aromatic heterocycles. The van der Waals surface area contributed by atoms with Gasteiger partial charge in [-0.2, -0.15) is 5.01 Å². The maximum Gasteiger partial charge on any atom is 0.344 e. The molecular weight excluding hydrogens is 400 g/mol. The Balaban J connectivity index is 1.48. The zero-order chi connectivity index (χ0) is 21.8. The average molecular weight is 422 g/mol. The molecule has 5 heterocycles. The number of nitrogens with zero attached hydrogens (tertiary/aromatic N) is 4. The number of aromatic nitrogens is 3. The van der Waals surface area contributed by atoms with Crippen LogP contribution < -0.4 is 10.7 Å². The van der Waals surface area contributed by atoms with Crippen LogP contribution in [0.4, 0.5) is 4.79 Å². The third-order valence-electron chi connectivity index (χ3n) is 5.86. The summed E-state index contributed by atoms with van der Waals surface area (Å²) in [5.74, 6) is -0.0537. The van der Waals surface area contributed by atoms with Gasteiger partial charge in [0.25, 0.3) is 11.8 Å². The molecule has 4 amide bonds. The first-order valence-corrected chi connectivity index (χ1v) is 10.3. The lowest BCUT2D eigenvalue weighted by Crippen LogP contribution is -2.48. The van der Waals surface area contributed by atoms with Gasteiger partial charge >= 0.3 is 6.03 Å². The van der Waals surface area contributed by atoms with Gasteiger partial charge in [0.05, 0.1) is 11.8 Å². The first kappa shape index (κ1) is 19.3. The van der Waals surface area contributed by atoms with E-state index < -0.39 is 23.4 Å². The summed E-state index contributed by atoms with van der Waals surface area (Å²) in [5.41, 5.74) is 3.09. The van der Waals surface area contributed by atoms with Gasteiger partial charge in [0.1, 0.15) is 17.1 Å². The van der Waals surface area contributed by atoms with Crippen molar-refractivity contribution in [2.45, 2.75) is 51.6 Å². The van der Waals surface area contributed by atoms with Crippen LogP contribution in [0.15, 0.2) is 28.9 Å². The quantitative estimate of drug-likeness (QED) is 0.624. The fourth-order valence-electron chi connectivity index (χ4n) is 4.22. The Bertz CT molecular complexity index is 1210. The van der Waals surface area contributed by atoms with Crippen LogP contribution in [0.2, 0.25) is 0 Å². The molecule has 0 saturated carbocycles. The molecule has 31 heavy (non-hydrogen) atoms. The molecule has 1 unspecified atom stereocenters. The number of fused-ring (bicyclic) bond motifs is 3. The predicted octanol–water partition coefficient (Wildman–Crippen LogP) is 2.17. The van der Waals surface area contributed by atoms with Crippen LogP contribution in [0.25, 0.3) is 11.2 Å². The van der Waals surface area contributed by atoms with Crippen molar-refractivity contribution in [3.05, 3.63) is 47.3 Å². The molecule has 2 aliphatic rings. The molecule has 1 saturated heterocycles. The number of hydrogen-bond acceptors (Lipinski definition) is 6. The number of hydrazine groups is 1. The summed E-state index contributed by atoms with van der Waals surface area (Å²) in [7, 11) is 0. The van der Waals surface area contributed by atoms with Gasteiger partial charge < -0.3 is 14.3 Å². The van der Waals surface area contributed by atoms with E-state index in [0.717, 1.165) is 38.1 Å². The van der Waals surface area contributed by atoms with E-state index in [9.17, 15) is 14.4 Å². The fourth-order valence-corrected chi connectivity index (χ4v) is 4.22. The predicted molar refractivity (Wildman–Crippen MR) is 109 cm³/mol. The average Bonchev–Trinajstić information content (AvgIpc) is 3.39. The number of carbonyl (C=O) groups excluding carboxylic acids is 3. The van der Waals surface area contributed by atoms with Gasteiger partial charge in [-0.1, -0.05) is 6.42 Å². The van der Waals surface area contributed by atoms with Crippen LogP contribution in [0, 0.1) is 6.92 Å². The van der Waals surface area contributed by atoms with Crippen LogP contribution in [-0.2, 0) is 23.3 Å². The third-order valence-corrected chi connectivity index (χ3v) is 5.86. The van der Waals surface area contributed by atoms with Crippen molar-refractivity contribution in [2.75, 3.05) is 0 Å². The van der Waals surface area contributed by atoms with E-state index in [1.54, 1.807) is 25.1 Å². The van der Waals surface area contributed by atoms with E-state index in [0.29, 0.717) is 21.9 Å². The Morgan fingerprint density at radius 2 is 2.10 bits per heavy atom. The lowest BCUT2D eigenvalue weighted by atomic mass is 10.00. The van der Waals surface area contributed by atoms with Crippen LogP contribution in [0.1, 0.15) is 53.8 Å². The third kappa shape index (κ3) is 2.97. The number of rotatable bonds is 3. The number of imidazole rings is 1. The summed E-state index contributed by atoms with van der Waals surface area (Å²) in [6.07, 6.45) is 5.44. The number of carbonyl (C=O) groups is 3. The topological polar surface area (TPSA) is 122 Å². The molecule has 3 aromatic rings. The molecule has 0 spiro atoms. The lowest BCUT2D eigenvalue weighted by molar-refractivity contribution is -0.133. The number of pyridine rings is 1. The molecule has 2 aliphatic heterocycles. The molecule has 10 nitrogen and oxygen atoms in total. The number of aryl methyl sites for hydroxylation is 3. The Morgan fingerprint density at radius 3 is 2.87 bits per heavy atom. The molecule has 0 bridgehead atoms. The minimum absolute atomic E-state index is 0.273. The number of imide groups is 1. The standard InChI is InChI=1S/C21H22N6O4/c1-12-11-13(16-17(22-12)26-9-5-3-4-8-15(26)23-16)18(28)25-27-19(29)21(2,24-20(27)30)14-7-6-10-31-14/h6-7,10-11H,3-5,8-9H2,1-2H3,(H,24,30)(H,25,28). The van der Waals surface area contributed by atoms with Crippen LogP contribution >= 0.6 is 0 Å². The van der Waals surface area contributed by atoms with Crippen molar-refractivity contribution in [3.8, 4) is 0 Å². The summed E-state index contributed by atoms with van der Waals surface area (Å²) in [6, 6.07) is 4.10. The highest BCUT2D eigenvalue weighted by Crippen LogP contribution is 2.29. The van der Waals surface area contributed by atoms with Crippen molar-refractivity contribution in [1.29, 1.82) is 0 Å².